The van der Waals surface area contributed by atoms with E-state index in [1.165, 1.54) is 18.7 Å². The van der Waals surface area contributed by atoms with Gasteiger partial charge in [-0.05, 0) is 31.0 Å². The largest absolute Gasteiger partial charge is 0.336 e. The minimum absolute atomic E-state index is 0.0723. The molecule has 0 atom stereocenters. The quantitative estimate of drug-likeness (QED) is 0.791. The molecular formula is C15H22FN3O. The first-order chi connectivity index (χ1) is 9.58. The highest BCUT2D eigenvalue weighted by molar-refractivity contribution is 5.94. The van der Waals surface area contributed by atoms with Crippen molar-refractivity contribution in [2.24, 2.45) is 5.92 Å². The molecule has 110 valence electrons. The first kappa shape index (κ1) is 14.9. The lowest BCUT2D eigenvalue weighted by Crippen LogP contribution is -2.49. The molecule has 1 aliphatic heterocycles. The molecule has 1 aromatic rings. The molecule has 0 bridgehead atoms. The number of nitrogens with zero attached hydrogens (tertiary/aromatic N) is 3. The number of halogens is 1. The van der Waals surface area contributed by atoms with E-state index in [1.54, 1.807) is 11.0 Å². The monoisotopic (exact) mass is 279 g/mol. The Morgan fingerprint density at radius 3 is 2.65 bits per heavy atom. The fourth-order valence-corrected chi connectivity index (χ4v) is 2.33. The average Bonchev–Trinajstić information content (AvgIpc) is 2.45. The summed E-state index contributed by atoms with van der Waals surface area (Å²) in [6, 6.07) is 3.09. The molecule has 1 aliphatic rings. The SMILES string of the molecule is CC(C)CCN1CCN(C(=O)c2cccnc2F)CC1. The molecule has 0 aliphatic carbocycles. The van der Waals surface area contributed by atoms with Gasteiger partial charge in [0.1, 0.15) is 0 Å². The second-order valence-electron chi connectivity index (χ2n) is 5.66. The molecule has 1 saturated heterocycles. The Morgan fingerprint density at radius 2 is 2.05 bits per heavy atom. The van der Waals surface area contributed by atoms with Crippen molar-refractivity contribution in [3.8, 4) is 0 Å². The summed E-state index contributed by atoms with van der Waals surface area (Å²) in [5.74, 6) is -0.238. The van der Waals surface area contributed by atoms with E-state index in [0.717, 1.165) is 19.6 Å². The molecule has 1 aromatic heterocycles. The van der Waals surface area contributed by atoms with Crippen LogP contribution in [0.5, 0.6) is 0 Å². The zero-order chi connectivity index (χ0) is 14.5. The zero-order valence-corrected chi connectivity index (χ0v) is 12.2. The average molecular weight is 279 g/mol. The number of hydrogen-bond acceptors (Lipinski definition) is 3. The second-order valence-corrected chi connectivity index (χ2v) is 5.66. The van der Waals surface area contributed by atoms with Crippen molar-refractivity contribution in [2.75, 3.05) is 32.7 Å². The lowest BCUT2D eigenvalue weighted by Gasteiger charge is -2.35. The molecule has 2 heterocycles. The first-order valence-electron chi connectivity index (χ1n) is 7.20. The van der Waals surface area contributed by atoms with Gasteiger partial charge in [-0.15, -0.1) is 0 Å². The predicted molar refractivity (Wildman–Crippen MR) is 76.0 cm³/mol. The number of carbonyl (C=O) groups is 1. The van der Waals surface area contributed by atoms with Gasteiger partial charge in [0, 0.05) is 32.4 Å². The summed E-state index contributed by atoms with van der Waals surface area (Å²) in [4.78, 5) is 19.8. The molecule has 0 saturated carbocycles. The van der Waals surface area contributed by atoms with Crippen molar-refractivity contribution < 1.29 is 9.18 Å². The van der Waals surface area contributed by atoms with Gasteiger partial charge in [0.25, 0.3) is 5.91 Å². The lowest BCUT2D eigenvalue weighted by atomic mass is 10.1. The number of pyridine rings is 1. The van der Waals surface area contributed by atoms with Gasteiger partial charge in [-0.3, -0.25) is 9.69 Å². The van der Waals surface area contributed by atoms with E-state index >= 15 is 0 Å². The van der Waals surface area contributed by atoms with Gasteiger partial charge in [0.15, 0.2) is 0 Å². The van der Waals surface area contributed by atoms with Crippen molar-refractivity contribution >= 4 is 5.91 Å². The lowest BCUT2D eigenvalue weighted by molar-refractivity contribution is 0.0626. The van der Waals surface area contributed by atoms with Crippen LogP contribution in [0.2, 0.25) is 0 Å². The number of hydrogen-bond donors (Lipinski definition) is 0. The second kappa shape index (κ2) is 6.79. The van der Waals surface area contributed by atoms with Gasteiger partial charge in [0.2, 0.25) is 5.95 Å². The summed E-state index contributed by atoms with van der Waals surface area (Å²) in [5.41, 5.74) is 0.0723. The van der Waals surface area contributed by atoms with E-state index < -0.39 is 5.95 Å². The number of carbonyl (C=O) groups excluding carboxylic acids is 1. The predicted octanol–water partition coefficient (Wildman–Crippen LogP) is 2.02. The molecule has 1 amide bonds. The van der Waals surface area contributed by atoms with E-state index in [2.05, 4.69) is 23.7 Å². The van der Waals surface area contributed by atoms with Crippen LogP contribution in [0, 0.1) is 11.9 Å². The molecule has 0 N–H and O–H groups in total. The van der Waals surface area contributed by atoms with Crippen LogP contribution < -0.4 is 0 Å². The molecule has 5 heteroatoms. The van der Waals surface area contributed by atoms with E-state index in [9.17, 15) is 9.18 Å². The van der Waals surface area contributed by atoms with Crippen molar-refractivity contribution in [1.29, 1.82) is 0 Å². The first-order valence-corrected chi connectivity index (χ1v) is 7.20. The third-order valence-corrected chi connectivity index (χ3v) is 3.67. The molecule has 0 aromatic carbocycles. The minimum atomic E-state index is -0.681. The maximum atomic E-state index is 13.5. The maximum Gasteiger partial charge on any atom is 0.258 e. The van der Waals surface area contributed by atoms with Crippen LogP contribution in [0.1, 0.15) is 30.6 Å². The summed E-state index contributed by atoms with van der Waals surface area (Å²) in [5, 5.41) is 0. The van der Waals surface area contributed by atoms with E-state index in [0.29, 0.717) is 19.0 Å². The maximum absolute atomic E-state index is 13.5. The fraction of sp³-hybridized carbons (Fsp3) is 0.600. The van der Waals surface area contributed by atoms with Gasteiger partial charge < -0.3 is 4.90 Å². The van der Waals surface area contributed by atoms with E-state index in [1.807, 2.05) is 0 Å². The summed E-state index contributed by atoms with van der Waals surface area (Å²) in [6.07, 6.45) is 2.53. The van der Waals surface area contributed by atoms with Crippen LogP contribution >= 0.6 is 0 Å². The van der Waals surface area contributed by atoms with Crippen molar-refractivity contribution in [2.45, 2.75) is 20.3 Å². The molecule has 2 rings (SSSR count). The van der Waals surface area contributed by atoms with Crippen LogP contribution in [0.3, 0.4) is 0 Å². The van der Waals surface area contributed by atoms with Crippen molar-refractivity contribution in [1.82, 2.24) is 14.8 Å². The third-order valence-electron chi connectivity index (χ3n) is 3.67. The number of amides is 1. The third kappa shape index (κ3) is 3.76. The molecular weight excluding hydrogens is 257 g/mol. The molecule has 4 nitrogen and oxygen atoms in total. The van der Waals surface area contributed by atoms with E-state index in [-0.39, 0.29) is 11.5 Å². The highest BCUT2D eigenvalue weighted by Crippen LogP contribution is 2.11. The molecule has 20 heavy (non-hydrogen) atoms. The van der Waals surface area contributed by atoms with Gasteiger partial charge in [-0.1, -0.05) is 13.8 Å². The molecule has 0 spiro atoms. The van der Waals surface area contributed by atoms with Gasteiger partial charge in [-0.2, -0.15) is 4.39 Å². The standard InChI is InChI=1S/C15H22FN3O/c1-12(2)5-7-18-8-10-19(11-9-18)15(20)13-4-3-6-17-14(13)16/h3-4,6,12H,5,7-11H2,1-2H3. The van der Waals surface area contributed by atoms with Gasteiger partial charge in [-0.25, -0.2) is 4.98 Å². The van der Waals surface area contributed by atoms with Crippen LogP contribution in [-0.4, -0.2) is 53.4 Å². The summed E-state index contributed by atoms with van der Waals surface area (Å²) >= 11 is 0. The Balaban J connectivity index is 1.88. The number of rotatable bonds is 4. The summed E-state index contributed by atoms with van der Waals surface area (Å²) in [6.45, 7) is 8.54. The number of aromatic nitrogens is 1. The minimum Gasteiger partial charge on any atom is -0.336 e. The Hall–Kier alpha value is -1.49. The van der Waals surface area contributed by atoms with Gasteiger partial charge >= 0.3 is 0 Å². The van der Waals surface area contributed by atoms with Crippen LogP contribution in [0.15, 0.2) is 18.3 Å². The van der Waals surface area contributed by atoms with E-state index in [4.69, 9.17) is 0 Å². The molecule has 0 unspecified atom stereocenters. The summed E-state index contributed by atoms with van der Waals surface area (Å²) < 4.78 is 13.5. The molecule has 1 fully saturated rings. The van der Waals surface area contributed by atoms with Gasteiger partial charge in [0.05, 0.1) is 5.56 Å². The highest BCUT2D eigenvalue weighted by atomic mass is 19.1. The normalized spacial score (nSPS) is 16.7. The smallest absolute Gasteiger partial charge is 0.258 e. The Kier molecular flexibility index (Phi) is 5.06. The Bertz CT molecular complexity index is 456. The Labute approximate surface area is 119 Å². The number of piperazine rings is 1. The van der Waals surface area contributed by atoms with Crippen LogP contribution in [-0.2, 0) is 0 Å². The highest BCUT2D eigenvalue weighted by Gasteiger charge is 2.24. The van der Waals surface area contributed by atoms with Crippen LogP contribution in [0.4, 0.5) is 4.39 Å². The Morgan fingerprint density at radius 1 is 1.35 bits per heavy atom. The molecule has 0 radical (unpaired) electrons. The fourth-order valence-electron chi connectivity index (χ4n) is 2.33. The van der Waals surface area contributed by atoms with Crippen molar-refractivity contribution in [3.63, 3.8) is 0 Å². The zero-order valence-electron chi connectivity index (χ0n) is 12.2. The van der Waals surface area contributed by atoms with Crippen molar-refractivity contribution in [3.05, 3.63) is 29.8 Å². The summed E-state index contributed by atoms with van der Waals surface area (Å²) in [7, 11) is 0. The topological polar surface area (TPSA) is 36.4 Å². The van der Waals surface area contributed by atoms with Crippen LogP contribution in [0.25, 0.3) is 0 Å².